The SMILES string of the molecule is CCCCc1ccc(C(=O)COC(=O)c2cc3c(cc2[N+](=O)[O-])OCCO3)cc1. The second kappa shape index (κ2) is 9.18. The number of benzene rings is 2. The lowest BCUT2D eigenvalue weighted by Gasteiger charge is -2.18. The molecule has 8 nitrogen and oxygen atoms in total. The highest BCUT2D eigenvalue weighted by molar-refractivity contribution is 6.00. The summed E-state index contributed by atoms with van der Waals surface area (Å²) >= 11 is 0. The predicted octanol–water partition coefficient (Wildman–Crippen LogP) is 3.75. The van der Waals surface area contributed by atoms with Crippen LogP contribution < -0.4 is 9.47 Å². The third-order valence-electron chi connectivity index (χ3n) is 4.51. The Morgan fingerprint density at radius 2 is 1.76 bits per heavy atom. The molecule has 0 spiro atoms. The number of nitrogens with zero attached hydrogens (tertiary/aromatic N) is 1. The average Bonchev–Trinajstić information content (AvgIpc) is 2.75. The van der Waals surface area contributed by atoms with Crippen LogP contribution in [-0.2, 0) is 11.2 Å². The zero-order valence-electron chi connectivity index (χ0n) is 16.0. The molecule has 3 rings (SSSR count). The maximum Gasteiger partial charge on any atom is 0.345 e. The van der Waals surface area contributed by atoms with E-state index < -0.39 is 23.2 Å². The normalized spacial score (nSPS) is 12.3. The first kappa shape index (κ1) is 20.3. The molecule has 152 valence electrons. The van der Waals surface area contributed by atoms with Crippen LogP contribution in [0.25, 0.3) is 0 Å². The molecule has 0 radical (unpaired) electrons. The fourth-order valence-corrected chi connectivity index (χ4v) is 2.92. The fourth-order valence-electron chi connectivity index (χ4n) is 2.92. The maximum atomic E-state index is 12.4. The first-order chi connectivity index (χ1) is 14.0. The molecular formula is C21H21NO7. The molecular weight excluding hydrogens is 378 g/mol. The molecule has 1 aliphatic heterocycles. The molecule has 0 aromatic heterocycles. The van der Waals surface area contributed by atoms with E-state index in [1.54, 1.807) is 12.1 Å². The third-order valence-corrected chi connectivity index (χ3v) is 4.51. The summed E-state index contributed by atoms with van der Waals surface area (Å²) < 4.78 is 15.7. The Balaban J connectivity index is 1.68. The molecule has 0 unspecified atom stereocenters. The minimum absolute atomic E-state index is 0.193. The zero-order valence-corrected chi connectivity index (χ0v) is 16.0. The van der Waals surface area contributed by atoms with Gasteiger partial charge < -0.3 is 14.2 Å². The van der Waals surface area contributed by atoms with E-state index in [4.69, 9.17) is 14.2 Å². The van der Waals surface area contributed by atoms with Gasteiger partial charge in [-0.3, -0.25) is 14.9 Å². The lowest BCUT2D eigenvalue weighted by molar-refractivity contribution is -0.385. The topological polar surface area (TPSA) is 105 Å². The molecule has 0 saturated carbocycles. The average molecular weight is 399 g/mol. The molecule has 1 heterocycles. The summed E-state index contributed by atoms with van der Waals surface area (Å²) in [4.78, 5) is 35.3. The summed E-state index contributed by atoms with van der Waals surface area (Å²) in [6.45, 7) is 2.13. The Hall–Kier alpha value is -3.42. The largest absolute Gasteiger partial charge is 0.486 e. The van der Waals surface area contributed by atoms with Gasteiger partial charge in [0.25, 0.3) is 5.69 Å². The van der Waals surface area contributed by atoms with Gasteiger partial charge in [0.1, 0.15) is 18.8 Å². The molecule has 0 saturated heterocycles. The summed E-state index contributed by atoms with van der Waals surface area (Å²) in [5, 5.41) is 11.3. The number of ether oxygens (including phenoxy) is 3. The van der Waals surface area contributed by atoms with Gasteiger partial charge >= 0.3 is 5.97 Å². The number of fused-ring (bicyclic) bond motifs is 1. The Labute approximate surface area is 167 Å². The number of hydrogen-bond donors (Lipinski definition) is 0. The Morgan fingerprint density at radius 3 is 2.38 bits per heavy atom. The van der Waals surface area contributed by atoms with Crippen LogP contribution in [0.2, 0.25) is 0 Å². The molecule has 8 heteroatoms. The highest BCUT2D eigenvalue weighted by Crippen LogP contribution is 2.36. The number of esters is 1. The van der Waals surface area contributed by atoms with E-state index in [0.717, 1.165) is 30.9 Å². The Bertz CT molecular complexity index is 921. The number of ketones is 1. The standard InChI is InChI=1S/C21H21NO7/c1-2-3-4-14-5-7-15(8-6-14)18(23)13-29-21(24)16-11-19-20(28-10-9-27-19)12-17(16)22(25)26/h5-8,11-12H,2-4,9-10,13H2,1H3. The van der Waals surface area contributed by atoms with Gasteiger partial charge in [-0.2, -0.15) is 0 Å². The third kappa shape index (κ3) is 4.90. The molecule has 0 atom stereocenters. The molecule has 29 heavy (non-hydrogen) atoms. The van der Waals surface area contributed by atoms with Crippen LogP contribution in [0, 0.1) is 10.1 Å². The highest BCUT2D eigenvalue weighted by Gasteiger charge is 2.27. The number of nitro benzene ring substituents is 1. The van der Waals surface area contributed by atoms with E-state index in [1.807, 2.05) is 12.1 Å². The number of rotatable bonds is 8. The van der Waals surface area contributed by atoms with Crippen molar-refractivity contribution in [1.82, 2.24) is 0 Å². The molecule has 0 N–H and O–H groups in total. The summed E-state index contributed by atoms with van der Waals surface area (Å²) in [7, 11) is 0. The second-order valence-electron chi connectivity index (χ2n) is 6.57. The molecule has 0 amide bonds. The van der Waals surface area contributed by atoms with Gasteiger partial charge in [-0.25, -0.2) is 4.79 Å². The van der Waals surface area contributed by atoms with E-state index in [9.17, 15) is 19.7 Å². The lowest BCUT2D eigenvalue weighted by atomic mass is 10.0. The quantitative estimate of drug-likeness (QED) is 0.288. The summed E-state index contributed by atoms with van der Waals surface area (Å²) in [5.74, 6) is -0.941. The van der Waals surface area contributed by atoms with Crippen LogP contribution in [0.5, 0.6) is 11.5 Å². The fraction of sp³-hybridized carbons (Fsp3) is 0.333. The second-order valence-corrected chi connectivity index (χ2v) is 6.57. The van der Waals surface area contributed by atoms with Crippen LogP contribution in [0.1, 0.15) is 46.0 Å². The van der Waals surface area contributed by atoms with Gasteiger partial charge in [-0.1, -0.05) is 37.6 Å². The molecule has 0 bridgehead atoms. The van der Waals surface area contributed by atoms with Crippen LogP contribution in [0.15, 0.2) is 36.4 Å². The minimum Gasteiger partial charge on any atom is -0.486 e. The van der Waals surface area contributed by atoms with Crippen molar-refractivity contribution in [2.75, 3.05) is 19.8 Å². The summed E-state index contributed by atoms with van der Waals surface area (Å²) in [5.41, 5.74) is 0.788. The van der Waals surface area contributed by atoms with E-state index in [0.29, 0.717) is 5.56 Å². The first-order valence-electron chi connectivity index (χ1n) is 9.37. The van der Waals surface area contributed by atoms with Gasteiger partial charge in [-0.05, 0) is 18.4 Å². The number of nitro groups is 1. The van der Waals surface area contributed by atoms with Crippen LogP contribution in [-0.4, -0.2) is 36.5 Å². The molecule has 2 aromatic rings. The predicted molar refractivity (Wildman–Crippen MR) is 104 cm³/mol. The van der Waals surface area contributed by atoms with Crippen molar-refractivity contribution in [3.8, 4) is 11.5 Å². The zero-order chi connectivity index (χ0) is 20.8. The Kier molecular flexibility index (Phi) is 6.43. The van der Waals surface area contributed by atoms with E-state index >= 15 is 0 Å². The molecule has 1 aliphatic rings. The smallest absolute Gasteiger partial charge is 0.345 e. The highest BCUT2D eigenvalue weighted by atomic mass is 16.6. The van der Waals surface area contributed by atoms with Gasteiger partial charge in [0.2, 0.25) is 0 Å². The summed E-state index contributed by atoms with van der Waals surface area (Å²) in [6.07, 6.45) is 3.09. The first-order valence-corrected chi connectivity index (χ1v) is 9.37. The van der Waals surface area contributed by atoms with Crippen LogP contribution >= 0.6 is 0 Å². The van der Waals surface area contributed by atoms with Gasteiger partial charge in [0.15, 0.2) is 23.9 Å². The summed E-state index contributed by atoms with van der Waals surface area (Å²) in [6, 6.07) is 9.46. The lowest BCUT2D eigenvalue weighted by Crippen LogP contribution is -2.18. The maximum absolute atomic E-state index is 12.4. The van der Waals surface area contributed by atoms with Gasteiger partial charge in [0, 0.05) is 11.6 Å². The van der Waals surface area contributed by atoms with Crippen LogP contribution in [0.4, 0.5) is 5.69 Å². The number of carbonyl (C=O) groups excluding carboxylic acids is 2. The minimum atomic E-state index is -0.971. The van der Waals surface area contributed by atoms with Crippen molar-refractivity contribution >= 4 is 17.4 Å². The molecule has 2 aromatic carbocycles. The van der Waals surface area contributed by atoms with Crippen molar-refractivity contribution in [3.05, 3.63) is 63.2 Å². The van der Waals surface area contributed by atoms with Crippen molar-refractivity contribution in [1.29, 1.82) is 0 Å². The number of Topliss-reactive ketones (excluding diaryl/α,β-unsaturated/α-hetero) is 1. The molecule has 0 fully saturated rings. The molecule has 0 aliphatic carbocycles. The van der Waals surface area contributed by atoms with E-state index in [-0.39, 0.29) is 36.1 Å². The van der Waals surface area contributed by atoms with Crippen molar-refractivity contribution < 1.29 is 28.7 Å². The van der Waals surface area contributed by atoms with E-state index in [1.165, 1.54) is 6.07 Å². The number of unbranched alkanes of at least 4 members (excludes halogenated alkanes) is 1. The van der Waals surface area contributed by atoms with Crippen molar-refractivity contribution in [2.24, 2.45) is 0 Å². The number of hydrogen-bond acceptors (Lipinski definition) is 7. The van der Waals surface area contributed by atoms with Crippen LogP contribution in [0.3, 0.4) is 0 Å². The monoisotopic (exact) mass is 399 g/mol. The van der Waals surface area contributed by atoms with Gasteiger partial charge in [-0.15, -0.1) is 0 Å². The number of carbonyl (C=O) groups is 2. The number of aryl methyl sites for hydroxylation is 1. The van der Waals surface area contributed by atoms with Crippen molar-refractivity contribution in [3.63, 3.8) is 0 Å². The van der Waals surface area contributed by atoms with E-state index in [2.05, 4.69) is 6.92 Å². The van der Waals surface area contributed by atoms with Crippen molar-refractivity contribution in [2.45, 2.75) is 26.2 Å². The Morgan fingerprint density at radius 1 is 1.10 bits per heavy atom. The van der Waals surface area contributed by atoms with Gasteiger partial charge in [0.05, 0.1) is 11.0 Å².